The van der Waals surface area contributed by atoms with Crippen molar-refractivity contribution < 1.29 is 0 Å². The molecular formula is C8H3BrN4OS. The first-order valence-electron chi connectivity index (χ1n) is 4.06. The fourth-order valence-corrected chi connectivity index (χ4v) is 2.53. The Hall–Kier alpha value is -1.34. The summed E-state index contributed by atoms with van der Waals surface area (Å²) in [5.74, 6) is 0. The average molecular weight is 283 g/mol. The molecule has 3 heterocycles. The molecule has 0 spiro atoms. The SMILES string of the molecule is O=c1c2cccnc2nc2sc(Br)nn12. The van der Waals surface area contributed by atoms with Gasteiger partial charge in [0.15, 0.2) is 9.56 Å². The number of rotatable bonds is 0. The fraction of sp³-hybridized carbons (Fsp3) is 0. The van der Waals surface area contributed by atoms with Crippen molar-refractivity contribution in [3.63, 3.8) is 0 Å². The van der Waals surface area contributed by atoms with E-state index in [9.17, 15) is 4.79 Å². The Kier molecular flexibility index (Phi) is 1.83. The third-order valence-electron chi connectivity index (χ3n) is 1.95. The van der Waals surface area contributed by atoms with Crippen LogP contribution in [0.2, 0.25) is 0 Å². The van der Waals surface area contributed by atoms with Crippen molar-refractivity contribution >= 4 is 43.3 Å². The Bertz CT molecular complexity index is 719. The van der Waals surface area contributed by atoms with E-state index in [4.69, 9.17) is 0 Å². The van der Waals surface area contributed by atoms with Crippen molar-refractivity contribution in [1.29, 1.82) is 0 Å². The lowest BCUT2D eigenvalue weighted by molar-refractivity contribution is 0.902. The molecule has 5 nitrogen and oxygen atoms in total. The van der Waals surface area contributed by atoms with E-state index < -0.39 is 0 Å². The number of fused-ring (bicyclic) bond motifs is 2. The van der Waals surface area contributed by atoms with Crippen molar-refractivity contribution in [2.45, 2.75) is 0 Å². The van der Waals surface area contributed by atoms with Gasteiger partial charge in [0.2, 0.25) is 4.96 Å². The summed E-state index contributed by atoms with van der Waals surface area (Å²) in [5.41, 5.74) is 0.267. The molecular weight excluding hydrogens is 280 g/mol. The van der Waals surface area contributed by atoms with Gasteiger partial charge < -0.3 is 0 Å². The zero-order valence-corrected chi connectivity index (χ0v) is 9.62. The van der Waals surface area contributed by atoms with Crippen molar-refractivity contribution in [1.82, 2.24) is 19.6 Å². The predicted octanol–water partition coefficient (Wildman–Crippen LogP) is 1.46. The molecule has 0 unspecified atom stereocenters. The highest BCUT2D eigenvalue weighted by Gasteiger charge is 2.09. The molecule has 3 rings (SSSR count). The summed E-state index contributed by atoms with van der Waals surface area (Å²) in [6.07, 6.45) is 1.61. The van der Waals surface area contributed by atoms with Crippen LogP contribution >= 0.6 is 27.3 Å². The Labute approximate surface area is 95.5 Å². The second-order valence-electron chi connectivity index (χ2n) is 2.84. The molecule has 0 atom stereocenters. The van der Waals surface area contributed by atoms with Crippen LogP contribution < -0.4 is 5.56 Å². The number of aromatic nitrogens is 4. The molecule has 0 aliphatic rings. The molecule has 3 aromatic heterocycles. The zero-order chi connectivity index (χ0) is 10.4. The molecule has 0 fully saturated rings. The monoisotopic (exact) mass is 282 g/mol. The maximum atomic E-state index is 11.9. The Morgan fingerprint density at radius 2 is 2.33 bits per heavy atom. The molecule has 15 heavy (non-hydrogen) atoms. The molecule has 0 amide bonds. The minimum absolute atomic E-state index is 0.190. The van der Waals surface area contributed by atoms with Gasteiger partial charge in [-0.3, -0.25) is 4.79 Å². The minimum atomic E-state index is -0.190. The molecule has 0 radical (unpaired) electrons. The molecule has 0 N–H and O–H groups in total. The van der Waals surface area contributed by atoms with Gasteiger partial charge in [0.1, 0.15) is 0 Å². The zero-order valence-electron chi connectivity index (χ0n) is 7.22. The minimum Gasteiger partial charge on any atom is -0.266 e. The average Bonchev–Trinajstić information content (AvgIpc) is 2.59. The summed E-state index contributed by atoms with van der Waals surface area (Å²) in [6.45, 7) is 0. The molecule has 0 bridgehead atoms. The Morgan fingerprint density at radius 3 is 3.20 bits per heavy atom. The van der Waals surface area contributed by atoms with E-state index >= 15 is 0 Å². The smallest absolute Gasteiger partial charge is 0.266 e. The highest BCUT2D eigenvalue weighted by Crippen LogP contribution is 2.17. The molecule has 0 aliphatic carbocycles. The topological polar surface area (TPSA) is 60.2 Å². The van der Waals surface area contributed by atoms with Gasteiger partial charge in [-0.25, -0.2) is 4.98 Å². The maximum Gasteiger partial charge on any atom is 0.284 e. The maximum absolute atomic E-state index is 11.9. The molecule has 0 saturated heterocycles. The summed E-state index contributed by atoms with van der Waals surface area (Å²) >= 11 is 4.52. The predicted molar refractivity (Wildman–Crippen MR) is 60.1 cm³/mol. The number of pyridine rings is 1. The number of hydrogen-bond acceptors (Lipinski definition) is 5. The lowest BCUT2D eigenvalue weighted by Gasteiger charge is -1.94. The molecule has 0 saturated carbocycles. The highest BCUT2D eigenvalue weighted by molar-refractivity contribution is 9.11. The quantitative estimate of drug-likeness (QED) is 0.626. The highest BCUT2D eigenvalue weighted by atomic mass is 79.9. The summed E-state index contributed by atoms with van der Waals surface area (Å²) in [6, 6.07) is 3.40. The van der Waals surface area contributed by atoms with E-state index in [0.29, 0.717) is 19.9 Å². The van der Waals surface area contributed by atoms with Gasteiger partial charge in [-0.2, -0.15) is 9.50 Å². The van der Waals surface area contributed by atoms with E-state index in [1.165, 1.54) is 15.9 Å². The number of hydrogen-bond donors (Lipinski definition) is 0. The second kappa shape index (κ2) is 3.07. The molecule has 74 valence electrons. The third-order valence-corrected chi connectivity index (χ3v) is 3.29. The number of nitrogens with zero attached hydrogens (tertiary/aromatic N) is 4. The van der Waals surface area contributed by atoms with Crippen molar-refractivity contribution in [3.05, 3.63) is 32.6 Å². The van der Waals surface area contributed by atoms with Crippen molar-refractivity contribution in [2.75, 3.05) is 0 Å². The number of halogens is 1. The second-order valence-corrected chi connectivity index (χ2v) is 5.07. The van der Waals surface area contributed by atoms with Crippen LogP contribution in [0.15, 0.2) is 27.0 Å². The first-order valence-corrected chi connectivity index (χ1v) is 5.67. The van der Waals surface area contributed by atoms with E-state index in [1.54, 1.807) is 18.3 Å². The largest absolute Gasteiger partial charge is 0.284 e. The van der Waals surface area contributed by atoms with E-state index in [2.05, 4.69) is 31.0 Å². The first-order chi connectivity index (χ1) is 7.25. The van der Waals surface area contributed by atoms with Gasteiger partial charge in [0.25, 0.3) is 5.56 Å². The van der Waals surface area contributed by atoms with Crippen LogP contribution in [0.25, 0.3) is 16.0 Å². The van der Waals surface area contributed by atoms with Crippen LogP contribution in [0.4, 0.5) is 0 Å². The standard InChI is InChI=1S/C8H3BrN4OS/c9-7-12-13-6(14)4-2-1-3-10-5(4)11-8(13)15-7/h1-3H. The van der Waals surface area contributed by atoms with Crippen LogP contribution in [0.1, 0.15) is 0 Å². The van der Waals surface area contributed by atoms with Gasteiger partial charge in [-0.1, -0.05) is 11.3 Å². The van der Waals surface area contributed by atoms with Crippen LogP contribution in [0, 0.1) is 0 Å². The summed E-state index contributed by atoms with van der Waals surface area (Å²) in [5, 5.41) is 4.49. The van der Waals surface area contributed by atoms with Crippen LogP contribution in [0.3, 0.4) is 0 Å². The van der Waals surface area contributed by atoms with Gasteiger partial charge >= 0.3 is 0 Å². The third kappa shape index (κ3) is 1.27. The Morgan fingerprint density at radius 1 is 1.47 bits per heavy atom. The van der Waals surface area contributed by atoms with E-state index in [-0.39, 0.29) is 5.56 Å². The van der Waals surface area contributed by atoms with Gasteiger partial charge in [0, 0.05) is 6.20 Å². The summed E-state index contributed by atoms with van der Waals surface area (Å²) in [4.78, 5) is 20.7. The van der Waals surface area contributed by atoms with Crippen LogP contribution in [-0.2, 0) is 0 Å². The van der Waals surface area contributed by atoms with Crippen molar-refractivity contribution in [3.8, 4) is 0 Å². The van der Waals surface area contributed by atoms with Gasteiger partial charge in [-0.15, -0.1) is 5.10 Å². The first kappa shape index (κ1) is 8.93. The van der Waals surface area contributed by atoms with Gasteiger partial charge in [-0.05, 0) is 28.1 Å². The normalized spacial score (nSPS) is 11.3. The molecule has 0 aromatic carbocycles. The molecule has 3 aromatic rings. The van der Waals surface area contributed by atoms with Crippen LogP contribution in [-0.4, -0.2) is 19.6 Å². The summed E-state index contributed by atoms with van der Waals surface area (Å²) < 4.78 is 1.90. The molecule has 7 heteroatoms. The van der Waals surface area contributed by atoms with Gasteiger partial charge in [0.05, 0.1) is 5.39 Å². The fourth-order valence-electron chi connectivity index (χ4n) is 1.32. The van der Waals surface area contributed by atoms with E-state index in [1.807, 2.05) is 0 Å². The summed E-state index contributed by atoms with van der Waals surface area (Å²) in [7, 11) is 0. The van der Waals surface area contributed by atoms with Crippen molar-refractivity contribution in [2.24, 2.45) is 0 Å². The van der Waals surface area contributed by atoms with Crippen LogP contribution in [0.5, 0.6) is 0 Å². The molecule has 0 aliphatic heterocycles. The lowest BCUT2D eigenvalue weighted by atomic mass is 10.3. The van der Waals surface area contributed by atoms with E-state index in [0.717, 1.165) is 0 Å². The Balaban J connectivity index is 2.65. The lowest BCUT2D eigenvalue weighted by Crippen LogP contribution is -2.15.